The zero-order valence-electron chi connectivity index (χ0n) is 16.7. The lowest BCUT2D eigenvalue weighted by Crippen LogP contribution is -2.33. The highest BCUT2D eigenvalue weighted by Gasteiger charge is 2.26. The molecule has 0 aliphatic rings. The summed E-state index contributed by atoms with van der Waals surface area (Å²) in [5.41, 5.74) is 1.19. The van der Waals surface area contributed by atoms with Crippen LogP contribution in [-0.2, 0) is 19.1 Å². The summed E-state index contributed by atoms with van der Waals surface area (Å²) in [6.45, 7) is 3.48. The number of benzene rings is 1. The van der Waals surface area contributed by atoms with E-state index in [0.717, 1.165) is 5.69 Å². The van der Waals surface area contributed by atoms with Crippen LogP contribution in [0.5, 0.6) is 0 Å². The smallest absolute Gasteiger partial charge is 0.345 e. The molecule has 1 aromatic heterocycles. The van der Waals surface area contributed by atoms with Crippen molar-refractivity contribution in [3.8, 4) is 0 Å². The van der Waals surface area contributed by atoms with Crippen molar-refractivity contribution in [2.45, 2.75) is 13.8 Å². The fraction of sp³-hybridized carbons (Fsp3) is 0.227. The molecular weight excluding hydrogens is 372 g/mol. The van der Waals surface area contributed by atoms with Crippen LogP contribution in [0.1, 0.15) is 19.4 Å². The predicted octanol–water partition coefficient (Wildman–Crippen LogP) is 2.95. The number of pyridine rings is 1. The third-order valence-corrected chi connectivity index (χ3v) is 3.93. The molecule has 2 N–H and O–H groups in total. The van der Waals surface area contributed by atoms with Crippen LogP contribution in [0.25, 0.3) is 11.5 Å². The van der Waals surface area contributed by atoms with Gasteiger partial charge in [-0.2, -0.15) is 4.57 Å². The molecule has 0 unspecified atom stereocenters. The number of anilines is 1. The Morgan fingerprint density at radius 3 is 2.21 bits per heavy atom. The third-order valence-electron chi connectivity index (χ3n) is 3.93. The van der Waals surface area contributed by atoms with Crippen molar-refractivity contribution in [2.75, 3.05) is 25.6 Å². The topological polar surface area (TPSA) is 88.7 Å². The zero-order chi connectivity index (χ0) is 21.2. The van der Waals surface area contributed by atoms with Gasteiger partial charge < -0.3 is 19.9 Å². The summed E-state index contributed by atoms with van der Waals surface area (Å²) in [4.78, 5) is 24.8. The van der Waals surface area contributed by atoms with Gasteiger partial charge in [0.2, 0.25) is 0 Å². The first-order chi connectivity index (χ1) is 14.0. The van der Waals surface area contributed by atoms with Crippen molar-refractivity contribution in [1.82, 2.24) is 0 Å². The summed E-state index contributed by atoms with van der Waals surface area (Å²) in [5, 5.41) is 14.0. The minimum absolute atomic E-state index is 0.0989. The lowest BCUT2D eigenvalue weighted by Gasteiger charge is -2.08. The molecule has 0 aliphatic carbocycles. The molecular formula is C22H25N2O5+. The molecule has 7 heteroatoms. The molecule has 7 nitrogen and oxygen atoms in total. The number of hydrogen-bond acceptors (Lipinski definition) is 6. The van der Waals surface area contributed by atoms with E-state index in [-0.39, 0.29) is 30.2 Å². The highest BCUT2D eigenvalue weighted by molar-refractivity contribution is 6.15. The summed E-state index contributed by atoms with van der Waals surface area (Å²) < 4.78 is 11.6. The second kappa shape index (κ2) is 10.7. The highest BCUT2D eigenvalue weighted by Crippen LogP contribution is 2.19. The first-order valence-corrected chi connectivity index (χ1v) is 9.25. The Balaban J connectivity index is 2.71. The summed E-state index contributed by atoms with van der Waals surface area (Å²) >= 11 is 0. The molecule has 29 heavy (non-hydrogen) atoms. The van der Waals surface area contributed by atoms with Crippen LogP contribution in [0.15, 0.2) is 66.5 Å². The SMILES string of the molecule is CCOC(=O)C(=C/C(=C(\O)c1ccccc1)[n+]1cccc(NC)c1)C(=O)OCC. The quantitative estimate of drug-likeness (QED) is 0.135. The molecule has 0 spiro atoms. The normalized spacial score (nSPS) is 11.1. The number of esters is 2. The van der Waals surface area contributed by atoms with Gasteiger partial charge in [0, 0.05) is 24.8 Å². The Kier molecular flexibility index (Phi) is 7.97. The van der Waals surface area contributed by atoms with Crippen LogP contribution in [-0.4, -0.2) is 37.3 Å². The van der Waals surface area contributed by atoms with Crippen molar-refractivity contribution in [3.63, 3.8) is 0 Å². The maximum Gasteiger partial charge on any atom is 0.345 e. The molecule has 2 aromatic rings. The standard InChI is InChI=1S/C22H24N2O5/c1-4-28-21(26)18(22(27)29-5-2)14-19(20(25)16-10-7-6-8-11-16)24-13-9-12-17(15-24)23-3/h6-15,23H,4-5H2,1-3H3/p+1. The molecule has 0 atom stereocenters. The van der Waals surface area contributed by atoms with Crippen molar-refractivity contribution >= 4 is 29.1 Å². The van der Waals surface area contributed by atoms with E-state index in [1.807, 2.05) is 12.1 Å². The molecule has 0 fully saturated rings. The monoisotopic (exact) mass is 397 g/mol. The van der Waals surface area contributed by atoms with Crippen LogP contribution in [0, 0.1) is 0 Å². The van der Waals surface area contributed by atoms with E-state index in [0.29, 0.717) is 5.56 Å². The lowest BCUT2D eigenvalue weighted by atomic mass is 10.1. The number of nitrogens with zero attached hydrogens (tertiary/aromatic N) is 1. The van der Waals surface area contributed by atoms with Gasteiger partial charge in [0.25, 0.3) is 5.70 Å². The fourth-order valence-corrected chi connectivity index (χ4v) is 2.54. The van der Waals surface area contributed by atoms with Crippen LogP contribution < -0.4 is 9.88 Å². The summed E-state index contributed by atoms with van der Waals surface area (Å²) in [7, 11) is 1.76. The van der Waals surface area contributed by atoms with Crippen LogP contribution >= 0.6 is 0 Å². The Labute approximate surface area is 169 Å². The van der Waals surface area contributed by atoms with E-state index >= 15 is 0 Å². The second-order valence-corrected chi connectivity index (χ2v) is 5.85. The minimum atomic E-state index is -0.824. The van der Waals surface area contributed by atoms with Gasteiger partial charge in [-0.15, -0.1) is 0 Å². The van der Waals surface area contributed by atoms with Gasteiger partial charge in [-0.25, -0.2) is 9.59 Å². The molecule has 0 saturated carbocycles. The average molecular weight is 397 g/mol. The highest BCUT2D eigenvalue weighted by atomic mass is 16.6. The van der Waals surface area contributed by atoms with E-state index < -0.39 is 11.9 Å². The Bertz CT molecular complexity index is 900. The zero-order valence-corrected chi connectivity index (χ0v) is 16.7. The number of nitrogens with one attached hydrogen (secondary N) is 1. The van der Waals surface area contributed by atoms with Gasteiger partial charge in [-0.1, -0.05) is 30.3 Å². The third kappa shape index (κ3) is 5.68. The first kappa shape index (κ1) is 21.7. The number of ether oxygens (including phenoxy) is 2. The predicted molar refractivity (Wildman–Crippen MR) is 110 cm³/mol. The van der Waals surface area contributed by atoms with Gasteiger partial charge in [-0.3, -0.25) is 0 Å². The van der Waals surface area contributed by atoms with Crippen molar-refractivity contribution in [2.24, 2.45) is 0 Å². The Morgan fingerprint density at radius 2 is 1.66 bits per heavy atom. The van der Waals surface area contributed by atoms with Gasteiger partial charge in [0.05, 0.1) is 18.9 Å². The van der Waals surface area contributed by atoms with Crippen LogP contribution in [0.2, 0.25) is 0 Å². The maximum atomic E-state index is 12.4. The Hall–Kier alpha value is -3.61. The summed E-state index contributed by atoms with van der Waals surface area (Å²) in [5.74, 6) is -1.76. The molecule has 0 bridgehead atoms. The van der Waals surface area contributed by atoms with E-state index in [2.05, 4.69) is 5.32 Å². The van der Waals surface area contributed by atoms with E-state index in [1.54, 1.807) is 68.2 Å². The largest absolute Gasteiger partial charge is 0.502 e. The number of aromatic nitrogens is 1. The van der Waals surface area contributed by atoms with Crippen molar-refractivity contribution in [3.05, 3.63) is 72.1 Å². The number of allylic oxidation sites excluding steroid dienone is 2. The minimum Gasteiger partial charge on any atom is -0.502 e. The number of carbonyl (C=O) groups excluding carboxylic acids is 2. The molecule has 1 aromatic carbocycles. The van der Waals surface area contributed by atoms with Crippen molar-refractivity contribution < 1.29 is 28.7 Å². The van der Waals surface area contributed by atoms with Crippen molar-refractivity contribution in [1.29, 1.82) is 0 Å². The first-order valence-electron chi connectivity index (χ1n) is 9.25. The number of aliphatic hydroxyl groups is 1. The van der Waals surface area contributed by atoms with Crippen LogP contribution in [0.3, 0.4) is 0 Å². The summed E-state index contributed by atoms with van der Waals surface area (Å²) in [6.07, 6.45) is 4.69. The number of aliphatic hydroxyl groups excluding tert-OH is 1. The molecule has 0 saturated heterocycles. The fourth-order valence-electron chi connectivity index (χ4n) is 2.54. The number of hydrogen-bond donors (Lipinski definition) is 2. The molecule has 0 radical (unpaired) electrons. The van der Waals surface area contributed by atoms with E-state index in [1.165, 1.54) is 6.08 Å². The van der Waals surface area contributed by atoms with E-state index in [9.17, 15) is 14.7 Å². The van der Waals surface area contributed by atoms with Gasteiger partial charge in [0.1, 0.15) is 0 Å². The lowest BCUT2D eigenvalue weighted by molar-refractivity contribution is -0.577. The average Bonchev–Trinajstić information content (AvgIpc) is 2.75. The molecule has 1 heterocycles. The van der Waals surface area contributed by atoms with E-state index in [4.69, 9.17) is 9.47 Å². The van der Waals surface area contributed by atoms with Crippen LogP contribution in [0.4, 0.5) is 5.69 Å². The molecule has 152 valence electrons. The van der Waals surface area contributed by atoms with Gasteiger partial charge in [0.15, 0.2) is 23.7 Å². The summed E-state index contributed by atoms with van der Waals surface area (Å²) in [6, 6.07) is 12.4. The molecule has 0 aliphatic heterocycles. The van der Waals surface area contributed by atoms with Gasteiger partial charge in [-0.05, 0) is 19.9 Å². The maximum absolute atomic E-state index is 12.4. The number of carbonyl (C=O) groups is 2. The Morgan fingerprint density at radius 1 is 1.03 bits per heavy atom. The van der Waals surface area contributed by atoms with Gasteiger partial charge >= 0.3 is 11.9 Å². The number of rotatable bonds is 8. The molecule has 2 rings (SSSR count). The molecule has 0 amide bonds. The second-order valence-electron chi connectivity index (χ2n) is 5.85.